The van der Waals surface area contributed by atoms with E-state index in [2.05, 4.69) is 22.9 Å². The van der Waals surface area contributed by atoms with Gasteiger partial charge in [0.1, 0.15) is 5.60 Å². The maximum atomic E-state index is 13.4. The topological polar surface area (TPSA) is 131 Å². The molecular formula is C33H54N4O6. The molecule has 0 bridgehead atoms. The average molecular weight is 603 g/mol. The third-order valence-corrected chi connectivity index (χ3v) is 7.63. The van der Waals surface area contributed by atoms with Gasteiger partial charge in [0.15, 0.2) is 0 Å². The first-order chi connectivity index (χ1) is 20.3. The lowest BCUT2D eigenvalue weighted by atomic mass is 9.85. The lowest BCUT2D eigenvalue weighted by Crippen LogP contribution is -2.49. The molecular weight excluding hydrogens is 548 g/mol. The summed E-state index contributed by atoms with van der Waals surface area (Å²) in [6.45, 7) is 15.4. The van der Waals surface area contributed by atoms with Gasteiger partial charge in [-0.3, -0.25) is 9.59 Å². The molecule has 3 amide bonds. The number of methoxy groups -OCH3 is 1. The highest BCUT2D eigenvalue weighted by Crippen LogP contribution is 2.24. The monoisotopic (exact) mass is 602 g/mol. The van der Waals surface area contributed by atoms with E-state index in [0.717, 1.165) is 23.7 Å². The van der Waals surface area contributed by atoms with E-state index in [1.165, 1.54) is 0 Å². The maximum absolute atomic E-state index is 13.4. The summed E-state index contributed by atoms with van der Waals surface area (Å²) in [4.78, 5) is 38.8. The number of nitrogens with zero attached hydrogens (tertiary/aromatic N) is 1. The Hall–Kier alpha value is -3.11. The van der Waals surface area contributed by atoms with Crippen LogP contribution in [0.1, 0.15) is 84.5 Å². The zero-order valence-corrected chi connectivity index (χ0v) is 27.4. The van der Waals surface area contributed by atoms with Gasteiger partial charge < -0.3 is 35.1 Å². The zero-order chi connectivity index (χ0) is 32.2. The number of aliphatic hydroxyl groups is 1. The van der Waals surface area contributed by atoms with Crippen LogP contribution < -0.4 is 16.0 Å². The number of unbranched alkanes of at least 4 members (excludes halogenated alkanes) is 1. The van der Waals surface area contributed by atoms with E-state index in [1.807, 2.05) is 48.9 Å². The summed E-state index contributed by atoms with van der Waals surface area (Å²) in [5.41, 5.74) is 0.836. The minimum Gasteiger partial charge on any atom is -0.444 e. The molecule has 0 aliphatic rings. The molecule has 0 fully saturated rings. The standard InChI is InChI=1S/C33H54N4O6/c1-9-10-15-34-30(39)23(4)18-29(38)27(36-32(41)43-33(5,6)7)19-24(22(2)3)20-35-31(40)26-21-37(16-17-42-8)28-14-12-11-13-25(26)28/h11-14,21-24,27,29,38H,9-10,15-20H2,1-8H3,(H,34,39)(H,35,40)(H,36,41)/t23-,24+,27+,29+/m1/s1. The molecule has 4 N–H and O–H groups in total. The van der Waals surface area contributed by atoms with Crippen molar-refractivity contribution in [2.24, 2.45) is 17.8 Å². The minimum atomic E-state index is -0.991. The van der Waals surface area contributed by atoms with Crippen molar-refractivity contribution in [3.63, 3.8) is 0 Å². The largest absolute Gasteiger partial charge is 0.444 e. The number of nitrogens with one attached hydrogen (secondary N) is 3. The third kappa shape index (κ3) is 11.8. The Morgan fingerprint density at radius 3 is 2.37 bits per heavy atom. The summed E-state index contributed by atoms with van der Waals surface area (Å²) in [6.07, 6.45) is 2.66. The Bertz CT molecular complexity index is 1170. The normalized spacial score (nSPS) is 14.7. The van der Waals surface area contributed by atoms with Crippen molar-refractivity contribution < 1.29 is 29.0 Å². The fourth-order valence-electron chi connectivity index (χ4n) is 5.01. The molecule has 2 aromatic rings. The molecule has 43 heavy (non-hydrogen) atoms. The zero-order valence-electron chi connectivity index (χ0n) is 27.4. The molecule has 0 saturated heterocycles. The van der Waals surface area contributed by atoms with Gasteiger partial charge in [-0.1, -0.05) is 52.3 Å². The van der Waals surface area contributed by atoms with Crippen LogP contribution in [0.3, 0.4) is 0 Å². The molecule has 2 rings (SSSR count). The van der Waals surface area contributed by atoms with Crippen LogP contribution in [0.25, 0.3) is 10.9 Å². The first-order valence-corrected chi connectivity index (χ1v) is 15.6. The number of carbonyl (C=O) groups is 3. The average Bonchev–Trinajstić information content (AvgIpc) is 3.30. The summed E-state index contributed by atoms with van der Waals surface area (Å²) in [7, 11) is 1.65. The Morgan fingerprint density at radius 2 is 1.74 bits per heavy atom. The highest BCUT2D eigenvalue weighted by molar-refractivity contribution is 6.07. The quantitative estimate of drug-likeness (QED) is 0.191. The summed E-state index contributed by atoms with van der Waals surface area (Å²) in [5.74, 6) is -0.696. The van der Waals surface area contributed by atoms with Gasteiger partial charge in [-0.15, -0.1) is 0 Å². The van der Waals surface area contributed by atoms with Crippen LogP contribution >= 0.6 is 0 Å². The van der Waals surface area contributed by atoms with Crippen LogP contribution in [0.4, 0.5) is 4.79 Å². The van der Waals surface area contributed by atoms with Crippen molar-refractivity contribution in [1.29, 1.82) is 0 Å². The fraction of sp³-hybridized carbons (Fsp3) is 0.667. The van der Waals surface area contributed by atoms with E-state index < -0.39 is 29.8 Å². The second kappa shape index (κ2) is 17.3. The van der Waals surface area contributed by atoms with E-state index in [-0.39, 0.29) is 30.1 Å². The van der Waals surface area contributed by atoms with Crippen LogP contribution in [0.15, 0.2) is 30.5 Å². The molecule has 0 spiro atoms. The summed E-state index contributed by atoms with van der Waals surface area (Å²) in [5, 5.41) is 21.0. The van der Waals surface area contributed by atoms with Crippen molar-refractivity contribution in [3.05, 3.63) is 36.0 Å². The van der Waals surface area contributed by atoms with Crippen molar-refractivity contribution in [3.8, 4) is 0 Å². The lowest BCUT2D eigenvalue weighted by Gasteiger charge is -2.32. The molecule has 1 aromatic heterocycles. The first-order valence-electron chi connectivity index (χ1n) is 15.6. The van der Waals surface area contributed by atoms with Crippen molar-refractivity contribution in [2.45, 2.75) is 98.4 Å². The molecule has 1 heterocycles. The Labute approximate surface area is 257 Å². The summed E-state index contributed by atoms with van der Waals surface area (Å²) in [6, 6.07) is 7.10. The van der Waals surface area contributed by atoms with Crippen LogP contribution in [0.2, 0.25) is 0 Å². The molecule has 0 aliphatic carbocycles. The smallest absolute Gasteiger partial charge is 0.407 e. The number of para-hydroxylation sites is 1. The molecule has 0 aliphatic heterocycles. The van der Waals surface area contributed by atoms with Crippen LogP contribution in [0, 0.1) is 17.8 Å². The SMILES string of the molecule is CCCCNC(=O)[C@H](C)C[C@H](O)[C@H](C[C@@H](CNC(=O)c1cn(CCOC)c2ccccc12)C(C)C)NC(=O)OC(C)(C)C. The van der Waals surface area contributed by atoms with E-state index in [1.54, 1.807) is 34.8 Å². The molecule has 10 heteroatoms. The predicted molar refractivity (Wildman–Crippen MR) is 170 cm³/mol. The third-order valence-electron chi connectivity index (χ3n) is 7.63. The van der Waals surface area contributed by atoms with E-state index in [0.29, 0.717) is 38.2 Å². The van der Waals surface area contributed by atoms with Gasteiger partial charge in [-0.25, -0.2) is 4.79 Å². The predicted octanol–water partition coefficient (Wildman–Crippen LogP) is 4.88. The van der Waals surface area contributed by atoms with Crippen molar-refractivity contribution in [2.75, 3.05) is 26.8 Å². The lowest BCUT2D eigenvalue weighted by molar-refractivity contribution is -0.125. The molecule has 0 unspecified atom stereocenters. The van der Waals surface area contributed by atoms with Crippen LogP contribution in [-0.4, -0.2) is 72.1 Å². The Kier molecular flexibility index (Phi) is 14.5. The van der Waals surface area contributed by atoms with E-state index in [4.69, 9.17) is 9.47 Å². The second-order valence-corrected chi connectivity index (χ2v) is 12.8. The van der Waals surface area contributed by atoms with E-state index in [9.17, 15) is 19.5 Å². The molecule has 10 nitrogen and oxygen atoms in total. The molecule has 0 radical (unpaired) electrons. The summed E-state index contributed by atoms with van der Waals surface area (Å²) >= 11 is 0. The number of alkyl carbamates (subject to hydrolysis) is 1. The number of aliphatic hydroxyl groups excluding tert-OH is 1. The van der Waals surface area contributed by atoms with Gasteiger partial charge in [0.2, 0.25) is 5.91 Å². The number of carbonyl (C=O) groups excluding carboxylic acids is 3. The summed E-state index contributed by atoms with van der Waals surface area (Å²) < 4.78 is 12.7. The first kappa shape index (κ1) is 36.1. The number of aromatic nitrogens is 1. The number of benzene rings is 1. The number of fused-ring (bicyclic) bond motifs is 1. The van der Waals surface area contributed by atoms with Crippen molar-refractivity contribution >= 4 is 28.8 Å². The minimum absolute atomic E-state index is 0.0749. The second-order valence-electron chi connectivity index (χ2n) is 12.8. The Morgan fingerprint density at radius 1 is 1.05 bits per heavy atom. The Balaban J connectivity index is 2.18. The molecule has 1 aromatic carbocycles. The van der Waals surface area contributed by atoms with Crippen LogP contribution in [0.5, 0.6) is 0 Å². The molecule has 242 valence electrons. The number of amides is 3. The van der Waals surface area contributed by atoms with Gasteiger partial charge >= 0.3 is 6.09 Å². The molecule has 4 atom stereocenters. The van der Waals surface area contributed by atoms with E-state index >= 15 is 0 Å². The van der Waals surface area contributed by atoms with Crippen LogP contribution in [-0.2, 0) is 20.8 Å². The van der Waals surface area contributed by atoms with Gasteiger partial charge in [-0.2, -0.15) is 0 Å². The fourth-order valence-corrected chi connectivity index (χ4v) is 5.01. The molecule has 0 saturated carbocycles. The van der Waals surface area contributed by atoms with Gasteiger partial charge in [0.05, 0.1) is 24.3 Å². The highest BCUT2D eigenvalue weighted by atomic mass is 16.6. The van der Waals surface area contributed by atoms with Gasteiger partial charge in [0.25, 0.3) is 5.91 Å². The van der Waals surface area contributed by atoms with Gasteiger partial charge in [-0.05, 0) is 57.9 Å². The number of hydrogen-bond acceptors (Lipinski definition) is 6. The highest BCUT2D eigenvalue weighted by Gasteiger charge is 2.31. The number of rotatable bonds is 17. The number of ether oxygens (including phenoxy) is 2. The van der Waals surface area contributed by atoms with Crippen molar-refractivity contribution in [1.82, 2.24) is 20.5 Å². The van der Waals surface area contributed by atoms with Gasteiger partial charge in [0, 0.05) is 49.8 Å². The number of hydrogen-bond donors (Lipinski definition) is 4. The maximum Gasteiger partial charge on any atom is 0.407 e.